The summed E-state index contributed by atoms with van der Waals surface area (Å²) in [6.07, 6.45) is 2.45. The molecule has 0 saturated heterocycles. The molecular formula is C20H16ClN5S. The third-order valence-electron chi connectivity index (χ3n) is 4.66. The Bertz CT molecular complexity index is 1150. The summed E-state index contributed by atoms with van der Waals surface area (Å²) in [5.74, 6) is 1.06. The second-order valence-electron chi connectivity index (χ2n) is 6.61. The Balaban J connectivity index is 1.57. The predicted octanol–water partition coefficient (Wildman–Crippen LogP) is 5.28. The van der Waals surface area contributed by atoms with Crippen LogP contribution in [0, 0.1) is 0 Å². The average Bonchev–Trinajstić information content (AvgIpc) is 3.40. The summed E-state index contributed by atoms with van der Waals surface area (Å²) in [6, 6.07) is 15.7. The molecule has 27 heavy (non-hydrogen) atoms. The van der Waals surface area contributed by atoms with E-state index in [0.717, 1.165) is 27.1 Å². The average molecular weight is 394 g/mol. The van der Waals surface area contributed by atoms with Crippen molar-refractivity contribution in [1.29, 1.82) is 0 Å². The number of aromatic amines is 1. The first-order valence-electron chi connectivity index (χ1n) is 8.73. The first-order valence-corrected chi connectivity index (χ1v) is 9.93. The fourth-order valence-electron chi connectivity index (χ4n) is 3.15. The van der Waals surface area contributed by atoms with Crippen LogP contribution in [0.4, 0.5) is 5.82 Å². The molecule has 0 bridgehead atoms. The molecule has 0 atom stereocenters. The van der Waals surface area contributed by atoms with Crippen LogP contribution in [0.25, 0.3) is 22.2 Å². The smallest absolute Gasteiger partial charge is 0.195 e. The third-order valence-corrected chi connectivity index (χ3v) is 6.04. The lowest BCUT2D eigenvalue weighted by Gasteiger charge is -2.09. The van der Waals surface area contributed by atoms with Crippen molar-refractivity contribution in [2.24, 2.45) is 0 Å². The molecule has 3 N–H and O–H groups in total. The van der Waals surface area contributed by atoms with Crippen molar-refractivity contribution in [2.75, 3.05) is 5.73 Å². The van der Waals surface area contributed by atoms with Crippen LogP contribution in [0.2, 0.25) is 5.02 Å². The van der Waals surface area contributed by atoms with E-state index in [4.69, 9.17) is 17.3 Å². The van der Waals surface area contributed by atoms with Gasteiger partial charge in [-0.25, -0.2) is 9.97 Å². The predicted molar refractivity (Wildman–Crippen MR) is 109 cm³/mol. The summed E-state index contributed by atoms with van der Waals surface area (Å²) in [5, 5.41) is 9.70. The van der Waals surface area contributed by atoms with Crippen LogP contribution < -0.4 is 5.73 Å². The number of nitrogens with zero attached hydrogens (tertiary/aromatic N) is 3. The SMILES string of the molecule is Nc1nc(Sc2ccccc2Cl)nc2cccc(-c3cc(C4CC4)[nH]n3)c12. The van der Waals surface area contributed by atoms with Crippen LogP contribution in [0.3, 0.4) is 0 Å². The number of rotatable bonds is 4. The molecule has 0 unspecified atom stereocenters. The van der Waals surface area contributed by atoms with E-state index in [0.29, 0.717) is 21.9 Å². The molecule has 5 nitrogen and oxygen atoms in total. The number of anilines is 1. The molecule has 1 fully saturated rings. The number of benzene rings is 2. The lowest BCUT2D eigenvalue weighted by atomic mass is 10.1. The van der Waals surface area contributed by atoms with Gasteiger partial charge in [0.1, 0.15) is 5.82 Å². The van der Waals surface area contributed by atoms with E-state index in [2.05, 4.69) is 26.2 Å². The van der Waals surface area contributed by atoms with E-state index < -0.39 is 0 Å². The Labute approximate surface area is 165 Å². The van der Waals surface area contributed by atoms with Crippen molar-refractivity contribution < 1.29 is 0 Å². The third kappa shape index (κ3) is 3.15. The van der Waals surface area contributed by atoms with Gasteiger partial charge in [-0.3, -0.25) is 5.10 Å². The number of fused-ring (bicyclic) bond motifs is 1. The molecule has 134 valence electrons. The van der Waals surface area contributed by atoms with Gasteiger partial charge >= 0.3 is 0 Å². The van der Waals surface area contributed by atoms with Crippen molar-refractivity contribution in [3.8, 4) is 11.3 Å². The molecule has 0 aliphatic heterocycles. The van der Waals surface area contributed by atoms with Crippen molar-refractivity contribution in [2.45, 2.75) is 28.8 Å². The van der Waals surface area contributed by atoms with Gasteiger partial charge in [-0.15, -0.1) is 0 Å². The molecule has 2 heterocycles. The lowest BCUT2D eigenvalue weighted by Crippen LogP contribution is -1.98. The fourth-order valence-corrected chi connectivity index (χ4v) is 4.20. The zero-order valence-electron chi connectivity index (χ0n) is 14.3. The molecule has 5 rings (SSSR count). The number of aromatic nitrogens is 4. The van der Waals surface area contributed by atoms with Gasteiger partial charge in [0.05, 0.1) is 21.6 Å². The van der Waals surface area contributed by atoms with Crippen molar-refractivity contribution >= 4 is 40.1 Å². The first-order chi connectivity index (χ1) is 13.2. The van der Waals surface area contributed by atoms with E-state index in [1.165, 1.54) is 30.3 Å². The Hall–Kier alpha value is -2.57. The minimum absolute atomic E-state index is 0.445. The normalized spacial score (nSPS) is 14.0. The van der Waals surface area contributed by atoms with Crippen LogP contribution in [0.1, 0.15) is 24.5 Å². The largest absolute Gasteiger partial charge is 0.383 e. The molecule has 0 radical (unpaired) electrons. The highest BCUT2D eigenvalue weighted by molar-refractivity contribution is 7.99. The Morgan fingerprint density at radius 1 is 1.07 bits per heavy atom. The number of nitrogens with one attached hydrogen (secondary N) is 1. The summed E-state index contributed by atoms with van der Waals surface area (Å²) in [5.41, 5.74) is 10.1. The maximum Gasteiger partial charge on any atom is 0.195 e. The van der Waals surface area contributed by atoms with Gasteiger partial charge in [0.25, 0.3) is 0 Å². The van der Waals surface area contributed by atoms with Gasteiger partial charge in [-0.05, 0) is 48.9 Å². The van der Waals surface area contributed by atoms with E-state index in [1.807, 2.05) is 42.5 Å². The highest BCUT2D eigenvalue weighted by Crippen LogP contribution is 2.41. The second-order valence-corrected chi connectivity index (χ2v) is 8.02. The van der Waals surface area contributed by atoms with Crippen LogP contribution in [-0.2, 0) is 0 Å². The molecule has 2 aromatic carbocycles. The Morgan fingerprint density at radius 3 is 2.74 bits per heavy atom. The second kappa shape index (κ2) is 6.55. The monoisotopic (exact) mass is 393 g/mol. The maximum absolute atomic E-state index is 6.33. The molecule has 1 aliphatic rings. The molecule has 1 saturated carbocycles. The van der Waals surface area contributed by atoms with E-state index in [-0.39, 0.29) is 0 Å². The molecular weight excluding hydrogens is 378 g/mol. The van der Waals surface area contributed by atoms with Crippen LogP contribution in [0.5, 0.6) is 0 Å². The summed E-state index contributed by atoms with van der Waals surface area (Å²) in [6.45, 7) is 0. The number of hydrogen-bond acceptors (Lipinski definition) is 5. The molecule has 1 aliphatic carbocycles. The number of halogens is 1. The summed E-state index contributed by atoms with van der Waals surface area (Å²) in [4.78, 5) is 10.1. The summed E-state index contributed by atoms with van der Waals surface area (Å²) < 4.78 is 0. The van der Waals surface area contributed by atoms with Gasteiger partial charge in [0.2, 0.25) is 0 Å². The Morgan fingerprint density at radius 2 is 1.93 bits per heavy atom. The van der Waals surface area contributed by atoms with E-state index >= 15 is 0 Å². The highest BCUT2D eigenvalue weighted by atomic mass is 35.5. The fraction of sp³-hybridized carbons (Fsp3) is 0.150. The highest BCUT2D eigenvalue weighted by Gasteiger charge is 2.26. The lowest BCUT2D eigenvalue weighted by molar-refractivity contribution is 0.967. The Kier molecular flexibility index (Phi) is 4.02. The zero-order chi connectivity index (χ0) is 18.4. The molecule has 7 heteroatoms. The number of H-pyrrole nitrogens is 1. The molecule has 4 aromatic rings. The summed E-state index contributed by atoms with van der Waals surface area (Å²) >= 11 is 7.66. The van der Waals surface area contributed by atoms with Gasteiger partial charge in [-0.2, -0.15) is 5.10 Å². The van der Waals surface area contributed by atoms with Gasteiger partial charge in [0, 0.05) is 22.1 Å². The number of nitrogen functional groups attached to an aromatic ring is 1. The topological polar surface area (TPSA) is 80.5 Å². The zero-order valence-corrected chi connectivity index (χ0v) is 15.9. The minimum Gasteiger partial charge on any atom is -0.383 e. The van der Waals surface area contributed by atoms with Crippen molar-refractivity contribution in [3.63, 3.8) is 0 Å². The maximum atomic E-state index is 6.33. The van der Waals surface area contributed by atoms with Gasteiger partial charge in [-0.1, -0.05) is 35.9 Å². The number of nitrogens with two attached hydrogens (primary N) is 1. The van der Waals surface area contributed by atoms with Crippen LogP contribution in [-0.4, -0.2) is 20.2 Å². The number of hydrogen-bond donors (Lipinski definition) is 2. The van der Waals surface area contributed by atoms with Crippen molar-refractivity contribution in [3.05, 3.63) is 59.2 Å². The minimum atomic E-state index is 0.445. The van der Waals surface area contributed by atoms with Crippen LogP contribution >= 0.6 is 23.4 Å². The molecule has 0 amide bonds. The standard InChI is InChI=1S/C20H16ClN5S/c21-13-5-1-2-7-17(13)27-20-23-14-6-3-4-12(18(14)19(22)24-20)16-10-15(25-26-16)11-8-9-11/h1-7,10-11H,8-9H2,(H,25,26)(H2,22,23,24). The van der Waals surface area contributed by atoms with Gasteiger partial charge in [0.15, 0.2) is 5.16 Å². The van der Waals surface area contributed by atoms with E-state index in [1.54, 1.807) is 0 Å². The van der Waals surface area contributed by atoms with E-state index in [9.17, 15) is 0 Å². The molecule has 2 aromatic heterocycles. The molecule has 0 spiro atoms. The van der Waals surface area contributed by atoms with Crippen molar-refractivity contribution in [1.82, 2.24) is 20.2 Å². The van der Waals surface area contributed by atoms with Crippen LogP contribution in [0.15, 0.2) is 58.6 Å². The summed E-state index contributed by atoms with van der Waals surface area (Å²) in [7, 11) is 0. The first kappa shape index (κ1) is 16.6. The quantitative estimate of drug-likeness (QED) is 0.461. The van der Waals surface area contributed by atoms with Gasteiger partial charge < -0.3 is 5.73 Å².